The normalized spacial score (nSPS) is 22.9. The van der Waals surface area contributed by atoms with Crippen LogP contribution in [0.15, 0.2) is 30.3 Å². The van der Waals surface area contributed by atoms with E-state index >= 15 is 0 Å². The highest BCUT2D eigenvalue weighted by atomic mass is 32.2. The monoisotopic (exact) mass is 282 g/mol. The van der Waals surface area contributed by atoms with Gasteiger partial charge in [0, 0.05) is 6.54 Å². The van der Waals surface area contributed by atoms with Crippen molar-refractivity contribution in [1.82, 2.24) is 5.32 Å². The molecule has 0 spiro atoms. The number of nitrogens with two attached hydrogens (primary N) is 1. The molecule has 6 heteroatoms. The lowest BCUT2D eigenvalue weighted by Crippen LogP contribution is -2.39. The minimum atomic E-state index is -3.03. The highest BCUT2D eigenvalue weighted by Crippen LogP contribution is 2.19. The van der Waals surface area contributed by atoms with Gasteiger partial charge in [0.1, 0.15) is 6.04 Å². The summed E-state index contributed by atoms with van der Waals surface area (Å²) in [5.41, 5.74) is 6.55. The number of benzene rings is 1. The van der Waals surface area contributed by atoms with E-state index in [9.17, 15) is 13.2 Å². The van der Waals surface area contributed by atoms with Gasteiger partial charge in [0.2, 0.25) is 5.91 Å². The van der Waals surface area contributed by atoms with Gasteiger partial charge in [-0.1, -0.05) is 30.3 Å². The molecule has 1 fully saturated rings. The molecular formula is C13H18N2O3S. The van der Waals surface area contributed by atoms with Crippen molar-refractivity contribution >= 4 is 15.7 Å². The van der Waals surface area contributed by atoms with E-state index in [4.69, 9.17) is 5.73 Å². The number of sulfone groups is 1. The van der Waals surface area contributed by atoms with Crippen LogP contribution in [-0.2, 0) is 14.6 Å². The molecule has 0 aliphatic carbocycles. The quantitative estimate of drug-likeness (QED) is 0.835. The second-order valence-corrected chi connectivity index (χ2v) is 7.17. The summed E-state index contributed by atoms with van der Waals surface area (Å²) >= 11 is 0. The number of amides is 1. The van der Waals surface area contributed by atoms with E-state index in [-0.39, 0.29) is 18.2 Å². The van der Waals surface area contributed by atoms with Crippen molar-refractivity contribution in [3.05, 3.63) is 35.9 Å². The minimum Gasteiger partial charge on any atom is -0.353 e. The zero-order valence-electron chi connectivity index (χ0n) is 10.6. The molecule has 5 nitrogen and oxygen atoms in total. The molecule has 2 rings (SSSR count). The van der Waals surface area contributed by atoms with Crippen LogP contribution in [0.5, 0.6) is 0 Å². The maximum atomic E-state index is 11.9. The molecule has 2 atom stereocenters. The molecule has 1 aliphatic rings. The van der Waals surface area contributed by atoms with Gasteiger partial charge in [0.05, 0.1) is 11.0 Å². The molecule has 0 radical (unpaired) electrons. The molecule has 1 aromatic carbocycles. The minimum absolute atomic E-state index is 0.154. The molecule has 1 aromatic rings. The van der Waals surface area contributed by atoms with Gasteiger partial charge in [-0.25, -0.2) is 8.42 Å². The second kappa shape index (κ2) is 5.71. The van der Waals surface area contributed by atoms with Gasteiger partial charge in [-0.05, 0) is 18.4 Å². The van der Waals surface area contributed by atoms with E-state index in [1.54, 1.807) is 12.1 Å². The van der Waals surface area contributed by atoms with Crippen molar-refractivity contribution < 1.29 is 13.2 Å². The lowest BCUT2D eigenvalue weighted by molar-refractivity contribution is -0.122. The lowest BCUT2D eigenvalue weighted by atomic mass is 10.1. The smallest absolute Gasteiger partial charge is 0.241 e. The van der Waals surface area contributed by atoms with E-state index in [1.807, 2.05) is 18.2 Å². The van der Waals surface area contributed by atoms with E-state index in [0.717, 1.165) is 0 Å². The summed E-state index contributed by atoms with van der Waals surface area (Å²) in [7, 11) is -3.03. The molecule has 1 amide bonds. The summed E-state index contributed by atoms with van der Waals surface area (Å²) < 4.78 is 23.3. The van der Waals surface area contributed by atoms with Crippen LogP contribution in [0.3, 0.4) is 0 Å². The summed E-state index contributed by atoms with van der Waals surface area (Å²) in [6.07, 6.45) is 1.29. The zero-order valence-corrected chi connectivity index (χ0v) is 11.4. The molecule has 1 unspecified atom stereocenters. The highest BCUT2D eigenvalue weighted by molar-refractivity contribution is 7.92. The Morgan fingerprint density at radius 1 is 1.37 bits per heavy atom. The Labute approximate surface area is 113 Å². The predicted octanol–water partition coefficient (Wildman–Crippen LogP) is 0.380. The Hall–Kier alpha value is -1.40. The Kier molecular flexibility index (Phi) is 4.21. The largest absolute Gasteiger partial charge is 0.353 e. The first kappa shape index (κ1) is 14.0. The first-order chi connectivity index (χ1) is 9.00. The average molecular weight is 282 g/mol. The van der Waals surface area contributed by atoms with Crippen molar-refractivity contribution in [3.63, 3.8) is 0 Å². The van der Waals surface area contributed by atoms with E-state index in [0.29, 0.717) is 18.4 Å². The van der Waals surface area contributed by atoms with Crippen LogP contribution < -0.4 is 11.1 Å². The molecule has 1 heterocycles. The number of carbonyl (C=O) groups excluding carboxylic acids is 1. The van der Waals surface area contributed by atoms with Crippen molar-refractivity contribution in [3.8, 4) is 0 Å². The fourth-order valence-electron chi connectivity index (χ4n) is 2.22. The molecule has 3 N–H and O–H groups in total. The van der Waals surface area contributed by atoms with Gasteiger partial charge in [-0.3, -0.25) is 4.79 Å². The lowest BCUT2D eigenvalue weighted by Gasteiger charge is -2.15. The van der Waals surface area contributed by atoms with E-state index in [2.05, 4.69) is 5.32 Å². The number of nitrogens with one attached hydrogen (secondary N) is 1. The van der Waals surface area contributed by atoms with Crippen molar-refractivity contribution in [2.24, 2.45) is 5.73 Å². The fourth-order valence-corrected chi connectivity index (χ4v) is 3.99. The van der Waals surface area contributed by atoms with Crippen LogP contribution >= 0.6 is 0 Å². The van der Waals surface area contributed by atoms with Crippen LogP contribution in [0, 0.1) is 0 Å². The van der Waals surface area contributed by atoms with Gasteiger partial charge in [0.25, 0.3) is 0 Å². The molecule has 1 saturated heterocycles. The van der Waals surface area contributed by atoms with Gasteiger partial charge < -0.3 is 11.1 Å². The first-order valence-corrected chi connectivity index (χ1v) is 8.02. The Morgan fingerprint density at radius 3 is 2.63 bits per heavy atom. The van der Waals surface area contributed by atoms with Crippen LogP contribution in [0.1, 0.15) is 24.4 Å². The van der Waals surface area contributed by atoms with Gasteiger partial charge >= 0.3 is 0 Å². The van der Waals surface area contributed by atoms with Crippen molar-refractivity contribution in [2.45, 2.75) is 24.1 Å². The van der Waals surface area contributed by atoms with Gasteiger partial charge in [-0.15, -0.1) is 0 Å². The topological polar surface area (TPSA) is 89.3 Å². The van der Waals surface area contributed by atoms with Crippen LogP contribution in [0.25, 0.3) is 0 Å². The number of carbonyl (C=O) groups is 1. The van der Waals surface area contributed by atoms with E-state index in [1.165, 1.54) is 0 Å². The zero-order chi connectivity index (χ0) is 13.9. The summed E-state index contributed by atoms with van der Waals surface area (Å²) in [6, 6.07) is 8.26. The first-order valence-electron chi connectivity index (χ1n) is 6.30. The third-order valence-electron chi connectivity index (χ3n) is 3.41. The number of hydrogen-bond donors (Lipinski definition) is 2. The fraction of sp³-hybridized carbons (Fsp3) is 0.462. The summed E-state index contributed by atoms with van der Waals surface area (Å²) in [5, 5.41) is 2.18. The molecule has 0 aromatic heterocycles. The molecule has 19 heavy (non-hydrogen) atoms. The maximum absolute atomic E-state index is 11.9. The third-order valence-corrected chi connectivity index (χ3v) is 5.68. The van der Waals surface area contributed by atoms with Crippen LogP contribution in [0.4, 0.5) is 0 Å². The van der Waals surface area contributed by atoms with E-state index < -0.39 is 21.1 Å². The predicted molar refractivity (Wildman–Crippen MR) is 73.2 cm³/mol. The SMILES string of the molecule is N[C@@H](C(=O)NCC1CCCS1(=O)=O)c1ccccc1. The third kappa shape index (κ3) is 3.33. The highest BCUT2D eigenvalue weighted by Gasteiger charge is 2.31. The molecule has 0 bridgehead atoms. The second-order valence-electron chi connectivity index (χ2n) is 4.76. The number of hydrogen-bond acceptors (Lipinski definition) is 4. The van der Waals surface area contributed by atoms with Crippen molar-refractivity contribution in [2.75, 3.05) is 12.3 Å². The summed E-state index contributed by atoms with van der Waals surface area (Å²) in [6.45, 7) is 0.154. The molecule has 104 valence electrons. The Morgan fingerprint density at radius 2 is 2.05 bits per heavy atom. The van der Waals surface area contributed by atoms with Crippen LogP contribution in [0.2, 0.25) is 0 Å². The average Bonchev–Trinajstić information content (AvgIpc) is 2.75. The summed E-state index contributed by atoms with van der Waals surface area (Å²) in [4.78, 5) is 11.9. The summed E-state index contributed by atoms with van der Waals surface area (Å²) in [5.74, 6) is -0.119. The maximum Gasteiger partial charge on any atom is 0.241 e. The van der Waals surface area contributed by atoms with Crippen molar-refractivity contribution in [1.29, 1.82) is 0 Å². The van der Waals surface area contributed by atoms with Gasteiger partial charge in [0.15, 0.2) is 9.84 Å². The Balaban J connectivity index is 1.92. The Bertz CT molecular complexity index is 542. The molecule has 1 aliphatic heterocycles. The van der Waals surface area contributed by atoms with Crippen LogP contribution in [-0.4, -0.2) is 31.9 Å². The molecular weight excluding hydrogens is 264 g/mol. The number of rotatable bonds is 4. The molecule has 0 saturated carbocycles. The standard InChI is InChI=1S/C13H18N2O3S/c14-12(10-5-2-1-3-6-10)13(16)15-9-11-7-4-8-19(11,17)18/h1-3,5-6,11-12H,4,7-9,14H2,(H,15,16)/t11?,12-/m1/s1. The van der Waals surface area contributed by atoms with Gasteiger partial charge in [-0.2, -0.15) is 0 Å².